The molecule has 0 aliphatic carbocycles. The van der Waals surface area contributed by atoms with E-state index >= 15 is 0 Å². The molecule has 2 rings (SSSR count). The predicted molar refractivity (Wildman–Crippen MR) is 65.9 cm³/mol. The number of carbonyl (C=O) groups is 1. The summed E-state index contributed by atoms with van der Waals surface area (Å²) in [7, 11) is 1.74. The molecule has 1 atom stereocenters. The van der Waals surface area contributed by atoms with E-state index in [0.29, 0.717) is 0 Å². The van der Waals surface area contributed by atoms with Crippen molar-refractivity contribution in [3.8, 4) is 0 Å². The van der Waals surface area contributed by atoms with E-state index in [1.807, 2.05) is 6.92 Å². The minimum Gasteiger partial charge on any atom is -0.474 e. The Hall–Kier alpha value is -1.36. The van der Waals surface area contributed by atoms with Crippen molar-refractivity contribution in [2.75, 3.05) is 20.1 Å². The maximum Gasteiger partial charge on any atom is 0.209 e. The molecule has 0 bridgehead atoms. The fourth-order valence-electron chi connectivity index (χ4n) is 1.02. The molecule has 0 fully saturated rings. The standard InChI is InChI=1S/C7H7NOS.C4H9NO/c1-2-10-4-6(1)7-3-8-5-9-7;1-3-5(2)4-6/h1-2,4-5,7H,3H2;4H,3H2,1-2H3. The van der Waals surface area contributed by atoms with Crippen LogP contribution in [0.15, 0.2) is 21.8 Å². The maximum atomic E-state index is 9.66. The fourth-order valence-corrected chi connectivity index (χ4v) is 1.72. The lowest BCUT2D eigenvalue weighted by atomic mass is 10.2. The summed E-state index contributed by atoms with van der Waals surface area (Å²) in [6, 6.07) is 2.07. The monoisotopic (exact) mass is 240 g/mol. The molecular weight excluding hydrogens is 224 g/mol. The Bertz CT molecular complexity index is 317. The predicted octanol–water partition coefficient (Wildman–Crippen LogP) is 1.94. The minimum absolute atomic E-state index is 0.186. The van der Waals surface area contributed by atoms with Gasteiger partial charge in [0.05, 0.1) is 6.54 Å². The van der Waals surface area contributed by atoms with Crippen LogP contribution in [0, 0.1) is 0 Å². The molecule has 2 heterocycles. The fraction of sp³-hybridized carbons (Fsp3) is 0.455. The molecule has 0 aromatic carbocycles. The summed E-state index contributed by atoms with van der Waals surface area (Å²) in [6.45, 7) is 3.49. The molecule has 0 N–H and O–H groups in total. The summed E-state index contributed by atoms with van der Waals surface area (Å²) >= 11 is 1.69. The summed E-state index contributed by atoms with van der Waals surface area (Å²) < 4.78 is 5.21. The van der Waals surface area contributed by atoms with Gasteiger partial charge >= 0.3 is 0 Å². The van der Waals surface area contributed by atoms with Gasteiger partial charge in [-0.1, -0.05) is 0 Å². The quantitative estimate of drug-likeness (QED) is 0.758. The molecule has 4 nitrogen and oxygen atoms in total. The molecule has 5 heteroatoms. The van der Waals surface area contributed by atoms with Crippen LogP contribution in [0.25, 0.3) is 0 Å². The van der Waals surface area contributed by atoms with Crippen LogP contribution in [-0.4, -0.2) is 37.8 Å². The summed E-state index contributed by atoms with van der Waals surface area (Å²) in [4.78, 5) is 15.2. The van der Waals surface area contributed by atoms with Crippen LogP contribution in [-0.2, 0) is 9.53 Å². The molecular formula is C11H16N2O2S. The Labute approximate surface area is 99.6 Å². The van der Waals surface area contributed by atoms with Gasteiger partial charge in [-0.15, -0.1) is 0 Å². The van der Waals surface area contributed by atoms with Gasteiger partial charge in [-0.3, -0.25) is 9.79 Å². The minimum atomic E-state index is 0.186. The van der Waals surface area contributed by atoms with E-state index in [2.05, 4.69) is 21.8 Å². The molecule has 88 valence electrons. The van der Waals surface area contributed by atoms with Crippen LogP contribution in [0.5, 0.6) is 0 Å². The highest BCUT2D eigenvalue weighted by Gasteiger charge is 2.14. The lowest BCUT2D eigenvalue weighted by Gasteiger charge is -2.04. The van der Waals surface area contributed by atoms with Gasteiger partial charge in [0, 0.05) is 19.2 Å². The van der Waals surface area contributed by atoms with Crippen molar-refractivity contribution < 1.29 is 9.53 Å². The van der Waals surface area contributed by atoms with Gasteiger partial charge < -0.3 is 9.64 Å². The third-order valence-electron chi connectivity index (χ3n) is 2.16. The number of hydrogen-bond donors (Lipinski definition) is 0. The zero-order valence-corrected chi connectivity index (χ0v) is 10.3. The smallest absolute Gasteiger partial charge is 0.209 e. The second-order valence-electron chi connectivity index (χ2n) is 3.33. The normalized spacial score (nSPS) is 17.2. The zero-order valence-electron chi connectivity index (χ0n) is 9.50. The van der Waals surface area contributed by atoms with E-state index in [1.165, 1.54) is 12.0 Å². The number of rotatable bonds is 3. The first-order valence-corrected chi connectivity index (χ1v) is 6.03. The van der Waals surface area contributed by atoms with Gasteiger partial charge in [-0.05, 0) is 23.8 Å². The Kier molecular flexibility index (Phi) is 5.56. The molecule has 1 amide bonds. The summed E-state index contributed by atoms with van der Waals surface area (Å²) in [5.74, 6) is 0. The van der Waals surface area contributed by atoms with E-state index in [1.54, 1.807) is 23.3 Å². The van der Waals surface area contributed by atoms with Crippen LogP contribution in [0.3, 0.4) is 0 Å². The lowest BCUT2D eigenvalue weighted by molar-refractivity contribution is -0.116. The van der Waals surface area contributed by atoms with Crippen molar-refractivity contribution in [2.24, 2.45) is 4.99 Å². The molecule has 1 aromatic heterocycles. The molecule has 1 aliphatic rings. The SMILES string of the molecule is C1=NCC(c2ccsc2)O1.CCN(C)C=O. The number of hydrogen-bond acceptors (Lipinski definition) is 4. The third-order valence-corrected chi connectivity index (χ3v) is 2.87. The zero-order chi connectivity index (χ0) is 11.8. The van der Waals surface area contributed by atoms with Crippen LogP contribution in [0.4, 0.5) is 0 Å². The highest BCUT2D eigenvalue weighted by Crippen LogP contribution is 2.22. The Morgan fingerprint density at radius 3 is 2.94 bits per heavy atom. The van der Waals surface area contributed by atoms with Crippen LogP contribution >= 0.6 is 11.3 Å². The second-order valence-corrected chi connectivity index (χ2v) is 4.11. The number of carbonyl (C=O) groups excluding carboxylic acids is 1. The number of amides is 1. The van der Waals surface area contributed by atoms with Crippen molar-refractivity contribution in [3.63, 3.8) is 0 Å². The van der Waals surface area contributed by atoms with Crippen molar-refractivity contribution in [1.29, 1.82) is 0 Å². The van der Waals surface area contributed by atoms with Crippen molar-refractivity contribution in [2.45, 2.75) is 13.0 Å². The van der Waals surface area contributed by atoms with Gasteiger partial charge in [0.2, 0.25) is 6.41 Å². The van der Waals surface area contributed by atoms with E-state index < -0.39 is 0 Å². The van der Waals surface area contributed by atoms with E-state index in [4.69, 9.17) is 4.74 Å². The average Bonchev–Trinajstić information content (AvgIpc) is 2.99. The highest BCUT2D eigenvalue weighted by atomic mass is 32.1. The largest absolute Gasteiger partial charge is 0.474 e. The molecule has 1 unspecified atom stereocenters. The van der Waals surface area contributed by atoms with Crippen molar-refractivity contribution in [3.05, 3.63) is 22.4 Å². The van der Waals surface area contributed by atoms with Gasteiger partial charge in [-0.2, -0.15) is 11.3 Å². The molecule has 16 heavy (non-hydrogen) atoms. The van der Waals surface area contributed by atoms with Gasteiger partial charge in [0.25, 0.3) is 0 Å². The molecule has 1 aliphatic heterocycles. The molecule has 0 spiro atoms. The maximum absolute atomic E-state index is 9.66. The van der Waals surface area contributed by atoms with E-state index in [-0.39, 0.29) is 6.10 Å². The molecule has 0 radical (unpaired) electrons. The van der Waals surface area contributed by atoms with Gasteiger partial charge in [0.15, 0.2) is 6.40 Å². The number of ether oxygens (including phenoxy) is 1. The second kappa shape index (κ2) is 7.00. The first-order chi connectivity index (χ1) is 7.77. The van der Waals surface area contributed by atoms with Crippen molar-refractivity contribution in [1.82, 2.24) is 4.90 Å². The molecule has 0 saturated heterocycles. The summed E-state index contributed by atoms with van der Waals surface area (Å²) in [5.41, 5.74) is 1.24. The Morgan fingerprint density at radius 2 is 2.56 bits per heavy atom. The third kappa shape index (κ3) is 4.02. The van der Waals surface area contributed by atoms with Crippen LogP contribution in [0.2, 0.25) is 0 Å². The Balaban J connectivity index is 0.000000187. The average molecular weight is 240 g/mol. The molecule has 0 saturated carbocycles. The number of nitrogens with zero attached hydrogens (tertiary/aromatic N) is 2. The lowest BCUT2D eigenvalue weighted by Crippen LogP contribution is -2.13. The first-order valence-electron chi connectivity index (χ1n) is 5.09. The first kappa shape index (κ1) is 12.7. The van der Waals surface area contributed by atoms with Crippen LogP contribution < -0.4 is 0 Å². The van der Waals surface area contributed by atoms with Gasteiger partial charge in [-0.25, -0.2) is 0 Å². The van der Waals surface area contributed by atoms with Crippen LogP contribution in [0.1, 0.15) is 18.6 Å². The summed E-state index contributed by atoms with van der Waals surface area (Å²) in [6.07, 6.45) is 2.52. The number of aliphatic imine (C=N–C) groups is 1. The summed E-state index contributed by atoms with van der Waals surface area (Å²) in [5, 5.41) is 4.15. The van der Waals surface area contributed by atoms with Gasteiger partial charge in [0.1, 0.15) is 6.10 Å². The topological polar surface area (TPSA) is 41.9 Å². The van der Waals surface area contributed by atoms with E-state index in [9.17, 15) is 4.79 Å². The Morgan fingerprint density at radius 1 is 1.75 bits per heavy atom. The number of thiophene rings is 1. The van der Waals surface area contributed by atoms with E-state index in [0.717, 1.165) is 19.5 Å². The van der Waals surface area contributed by atoms with Crippen molar-refractivity contribution >= 4 is 24.1 Å². The highest BCUT2D eigenvalue weighted by molar-refractivity contribution is 7.07. The molecule has 1 aromatic rings.